The normalized spacial score (nSPS) is 16.2. The Hall–Kier alpha value is -1.76. The lowest BCUT2D eigenvalue weighted by Gasteiger charge is -2.21. The first kappa shape index (κ1) is 15.6. The Bertz CT molecular complexity index is 553. The second-order valence-corrected chi connectivity index (χ2v) is 6.13. The first-order valence-corrected chi connectivity index (χ1v) is 7.16. The number of benzene rings is 1. The molecule has 0 fully saturated rings. The van der Waals surface area contributed by atoms with Crippen LogP contribution < -0.4 is 9.47 Å². The third-order valence-electron chi connectivity index (χ3n) is 2.94. The van der Waals surface area contributed by atoms with Crippen molar-refractivity contribution in [2.24, 2.45) is 0 Å². The molecule has 0 aliphatic carbocycles. The zero-order valence-corrected chi connectivity index (χ0v) is 13.4. The molecule has 0 amide bonds. The third-order valence-corrected chi connectivity index (χ3v) is 3.26. The van der Waals surface area contributed by atoms with Crippen LogP contribution in [-0.4, -0.2) is 36.8 Å². The number of fused-ring (bicyclic) bond motifs is 1. The summed E-state index contributed by atoms with van der Waals surface area (Å²) in [5.41, 5.74) is 0.979. The number of hydrogen-bond acceptors (Lipinski definition) is 6. The molecule has 0 bridgehead atoms. The number of rotatable bonds is 4. The molecule has 0 saturated heterocycles. The fourth-order valence-corrected chi connectivity index (χ4v) is 2.39. The number of carbonyl (C=O) groups excluding carboxylic acids is 2. The lowest BCUT2D eigenvalue weighted by Crippen LogP contribution is -2.55. The quantitative estimate of drug-likeness (QED) is 0.464. The van der Waals surface area contributed by atoms with Gasteiger partial charge in [0.1, 0.15) is 0 Å². The summed E-state index contributed by atoms with van der Waals surface area (Å²) >= 11 is 3.46. The molecule has 21 heavy (non-hydrogen) atoms. The number of ether oxygens (including phenoxy) is 4. The highest BCUT2D eigenvalue weighted by Crippen LogP contribution is 2.41. The predicted molar refractivity (Wildman–Crippen MR) is 76.6 cm³/mol. The standard InChI is InChI=1S/C14H15BrO6/c1-8(15)6-9-4-5-10-11(7-9)21-14(20-10,12(16)18-2)13(17)19-3/h4-5,7-8H,6H2,1-3H3/t8-/m1/s1. The number of halogens is 1. The Kier molecular flexibility index (Phi) is 4.41. The summed E-state index contributed by atoms with van der Waals surface area (Å²) in [4.78, 5) is 24.1. The first-order chi connectivity index (χ1) is 9.92. The predicted octanol–water partition coefficient (Wildman–Crippen LogP) is 1.83. The smallest absolute Gasteiger partial charge is 0.453 e. The minimum atomic E-state index is -2.23. The molecular formula is C14H15BrO6. The maximum absolute atomic E-state index is 11.9. The van der Waals surface area contributed by atoms with Gasteiger partial charge in [0, 0.05) is 4.83 Å². The molecule has 2 rings (SSSR count). The molecule has 0 unspecified atom stereocenters. The average Bonchev–Trinajstić information content (AvgIpc) is 2.84. The van der Waals surface area contributed by atoms with E-state index in [9.17, 15) is 9.59 Å². The van der Waals surface area contributed by atoms with Crippen LogP contribution in [0.25, 0.3) is 0 Å². The molecule has 0 spiro atoms. The molecule has 1 aromatic rings. The van der Waals surface area contributed by atoms with E-state index in [1.54, 1.807) is 12.1 Å². The molecule has 0 N–H and O–H groups in total. The molecule has 1 aliphatic heterocycles. The van der Waals surface area contributed by atoms with Gasteiger partial charge in [0.05, 0.1) is 14.2 Å². The molecule has 1 aromatic carbocycles. The number of esters is 2. The van der Waals surface area contributed by atoms with E-state index in [2.05, 4.69) is 25.4 Å². The van der Waals surface area contributed by atoms with E-state index in [1.165, 1.54) is 0 Å². The van der Waals surface area contributed by atoms with E-state index in [0.717, 1.165) is 26.2 Å². The summed E-state index contributed by atoms with van der Waals surface area (Å²) in [6.45, 7) is 2.01. The monoisotopic (exact) mass is 358 g/mol. The molecule has 1 atom stereocenters. The average molecular weight is 359 g/mol. The van der Waals surface area contributed by atoms with E-state index in [1.807, 2.05) is 13.0 Å². The Balaban J connectivity index is 2.35. The molecule has 1 aliphatic rings. The van der Waals surface area contributed by atoms with Gasteiger partial charge in [0.2, 0.25) is 0 Å². The van der Waals surface area contributed by atoms with Crippen molar-refractivity contribution >= 4 is 27.9 Å². The minimum absolute atomic E-state index is 0.281. The molecule has 0 radical (unpaired) electrons. The number of methoxy groups -OCH3 is 2. The van der Waals surface area contributed by atoms with Crippen molar-refractivity contribution in [1.82, 2.24) is 0 Å². The molecule has 1 heterocycles. The van der Waals surface area contributed by atoms with Gasteiger partial charge in [0.15, 0.2) is 11.5 Å². The molecule has 0 aromatic heterocycles. The van der Waals surface area contributed by atoms with Gasteiger partial charge >= 0.3 is 17.7 Å². The zero-order valence-electron chi connectivity index (χ0n) is 11.8. The van der Waals surface area contributed by atoms with Crippen LogP contribution in [0.4, 0.5) is 0 Å². The Morgan fingerprint density at radius 2 is 1.76 bits per heavy atom. The summed E-state index contributed by atoms with van der Waals surface area (Å²) in [6.07, 6.45) is 0.764. The third kappa shape index (κ3) is 2.83. The van der Waals surface area contributed by atoms with Crippen LogP contribution >= 0.6 is 15.9 Å². The summed E-state index contributed by atoms with van der Waals surface area (Å²) in [5, 5.41) is 0. The van der Waals surface area contributed by atoms with E-state index < -0.39 is 17.7 Å². The van der Waals surface area contributed by atoms with E-state index in [-0.39, 0.29) is 10.6 Å². The highest BCUT2D eigenvalue weighted by Gasteiger charge is 2.59. The van der Waals surface area contributed by atoms with E-state index in [0.29, 0.717) is 5.75 Å². The maximum atomic E-state index is 11.9. The van der Waals surface area contributed by atoms with Crippen molar-refractivity contribution in [3.05, 3.63) is 23.8 Å². The summed E-state index contributed by atoms with van der Waals surface area (Å²) in [5.74, 6) is -3.58. The van der Waals surface area contributed by atoms with Gasteiger partial charge in [-0.05, 0) is 24.1 Å². The number of hydrogen-bond donors (Lipinski definition) is 0. The maximum Gasteiger partial charge on any atom is 0.453 e. The topological polar surface area (TPSA) is 71.1 Å². The van der Waals surface area contributed by atoms with Crippen molar-refractivity contribution in [3.63, 3.8) is 0 Å². The Morgan fingerprint density at radius 3 is 2.29 bits per heavy atom. The lowest BCUT2D eigenvalue weighted by atomic mass is 10.1. The lowest BCUT2D eigenvalue weighted by molar-refractivity contribution is -0.199. The van der Waals surface area contributed by atoms with Crippen molar-refractivity contribution in [3.8, 4) is 11.5 Å². The first-order valence-electron chi connectivity index (χ1n) is 6.24. The second-order valence-electron chi connectivity index (χ2n) is 4.57. The van der Waals surface area contributed by atoms with Crippen LogP contribution in [0.15, 0.2) is 18.2 Å². The highest BCUT2D eigenvalue weighted by molar-refractivity contribution is 9.09. The molecule has 114 valence electrons. The van der Waals surface area contributed by atoms with Crippen molar-refractivity contribution < 1.29 is 28.5 Å². The zero-order chi connectivity index (χ0) is 15.6. The van der Waals surface area contributed by atoms with Crippen LogP contribution in [0.5, 0.6) is 11.5 Å². The number of carbonyl (C=O) groups is 2. The second kappa shape index (κ2) is 5.93. The van der Waals surface area contributed by atoms with Crippen LogP contribution in [0.3, 0.4) is 0 Å². The van der Waals surface area contributed by atoms with Gasteiger partial charge in [-0.3, -0.25) is 0 Å². The largest absolute Gasteiger partial charge is 0.463 e. The van der Waals surface area contributed by atoms with Gasteiger partial charge in [-0.15, -0.1) is 0 Å². The van der Waals surface area contributed by atoms with Gasteiger partial charge in [-0.1, -0.05) is 28.9 Å². The Labute approximate surface area is 130 Å². The fraction of sp³-hybridized carbons (Fsp3) is 0.429. The number of alkyl halides is 1. The van der Waals surface area contributed by atoms with Gasteiger partial charge < -0.3 is 18.9 Å². The van der Waals surface area contributed by atoms with E-state index in [4.69, 9.17) is 9.47 Å². The van der Waals surface area contributed by atoms with Crippen molar-refractivity contribution in [2.75, 3.05) is 14.2 Å². The Morgan fingerprint density at radius 1 is 1.19 bits per heavy atom. The SMILES string of the molecule is COC(=O)C1(C(=O)OC)Oc2ccc(C[C@@H](C)Br)cc2O1. The molecule has 0 saturated carbocycles. The van der Waals surface area contributed by atoms with Crippen molar-refractivity contribution in [2.45, 2.75) is 24.0 Å². The molecule has 7 heteroatoms. The summed E-state index contributed by atoms with van der Waals surface area (Å²) in [6, 6.07) is 5.21. The summed E-state index contributed by atoms with van der Waals surface area (Å²) in [7, 11) is 2.28. The van der Waals surface area contributed by atoms with E-state index >= 15 is 0 Å². The molecule has 6 nitrogen and oxygen atoms in total. The van der Waals surface area contributed by atoms with Crippen LogP contribution in [-0.2, 0) is 25.5 Å². The van der Waals surface area contributed by atoms with Crippen LogP contribution in [0.1, 0.15) is 12.5 Å². The summed E-state index contributed by atoms with van der Waals surface area (Å²) < 4.78 is 20.0. The fourth-order valence-electron chi connectivity index (χ4n) is 2.02. The molecular weight excluding hydrogens is 344 g/mol. The van der Waals surface area contributed by atoms with Crippen LogP contribution in [0.2, 0.25) is 0 Å². The highest BCUT2D eigenvalue weighted by atomic mass is 79.9. The van der Waals surface area contributed by atoms with Crippen molar-refractivity contribution in [1.29, 1.82) is 0 Å². The van der Waals surface area contributed by atoms with Crippen LogP contribution in [0, 0.1) is 0 Å². The minimum Gasteiger partial charge on any atom is -0.463 e. The van der Waals surface area contributed by atoms with Gasteiger partial charge in [-0.2, -0.15) is 0 Å². The van der Waals surface area contributed by atoms with Gasteiger partial charge in [-0.25, -0.2) is 9.59 Å². The van der Waals surface area contributed by atoms with Gasteiger partial charge in [0.25, 0.3) is 0 Å².